The van der Waals surface area contributed by atoms with Crippen LogP contribution in [0.3, 0.4) is 0 Å². The van der Waals surface area contributed by atoms with Crippen LogP contribution in [0.2, 0.25) is 0 Å². The Morgan fingerprint density at radius 3 is 2.95 bits per heavy atom. The number of pyridine rings is 1. The lowest BCUT2D eigenvalue weighted by Crippen LogP contribution is -2.14. The summed E-state index contributed by atoms with van der Waals surface area (Å²) in [7, 11) is 0. The van der Waals surface area contributed by atoms with E-state index >= 15 is 0 Å². The van der Waals surface area contributed by atoms with Gasteiger partial charge < -0.3 is 9.30 Å². The summed E-state index contributed by atoms with van der Waals surface area (Å²) < 4.78 is 7.86. The Balaban J connectivity index is 2.03. The van der Waals surface area contributed by atoms with Gasteiger partial charge in [-0.2, -0.15) is 0 Å². The molecule has 1 aliphatic rings. The summed E-state index contributed by atoms with van der Waals surface area (Å²) in [6.07, 6.45) is 0.712. The lowest BCUT2D eigenvalue weighted by molar-refractivity contribution is 0.331. The summed E-state index contributed by atoms with van der Waals surface area (Å²) in [6, 6.07) is 11.9. The first kappa shape index (κ1) is 11.7. The van der Waals surface area contributed by atoms with Gasteiger partial charge >= 0.3 is 0 Å². The first-order valence-corrected chi connectivity index (χ1v) is 7.52. The molecule has 0 saturated carbocycles. The van der Waals surface area contributed by atoms with Crippen LogP contribution in [0.15, 0.2) is 46.6 Å². The number of thiophene rings is 1. The number of para-hydroxylation sites is 1. The normalized spacial score (nSPS) is 13.4. The minimum atomic E-state index is 0.121. The van der Waals surface area contributed by atoms with Crippen LogP contribution in [0.1, 0.15) is 10.4 Å². The highest BCUT2D eigenvalue weighted by Crippen LogP contribution is 2.28. The van der Waals surface area contributed by atoms with Gasteiger partial charge in [-0.25, -0.2) is 0 Å². The van der Waals surface area contributed by atoms with Crippen molar-refractivity contribution in [2.75, 3.05) is 6.61 Å². The van der Waals surface area contributed by atoms with Gasteiger partial charge in [-0.15, -0.1) is 11.3 Å². The summed E-state index contributed by atoms with van der Waals surface area (Å²) in [4.78, 5) is 13.7. The monoisotopic (exact) mass is 283 g/mol. The molecule has 4 rings (SSSR count). The summed E-state index contributed by atoms with van der Waals surface area (Å²) in [5.41, 5.74) is 1.89. The summed E-state index contributed by atoms with van der Waals surface area (Å²) >= 11 is 1.72. The van der Waals surface area contributed by atoms with Crippen molar-refractivity contribution in [3.63, 3.8) is 0 Å². The van der Waals surface area contributed by atoms with Crippen LogP contribution in [0.25, 0.3) is 10.9 Å². The fourth-order valence-electron chi connectivity index (χ4n) is 2.78. The van der Waals surface area contributed by atoms with E-state index in [1.807, 2.05) is 30.3 Å². The molecule has 0 fully saturated rings. The second-order valence-corrected chi connectivity index (χ2v) is 5.93. The molecule has 1 aliphatic heterocycles. The first-order chi connectivity index (χ1) is 9.84. The summed E-state index contributed by atoms with van der Waals surface area (Å²) in [5.74, 6) is 0.752. The van der Waals surface area contributed by atoms with Crippen LogP contribution in [-0.4, -0.2) is 11.2 Å². The van der Waals surface area contributed by atoms with E-state index in [-0.39, 0.29) is 5.43 Å². The molecule has 100 valence electrons. The molecule has 4 heteroatoms. The van der Waals surface area contributed by atoms with Gasteiger partial charge in [-0.05, 0) is 23.6 Å². The second-order valence-electron chi connectivity index (χ2n) is 4.89. The molecule has 3 nitrogen and oxygen atoms in total. The molecular weight excluding hydrogens is 270 g/mol. The zero-order valence-electron chi connectivity index (χ0n) is 10.8. The van der Waals surface area contributed by atoms with Crippen molar-refractivity contribution in [2.24, 2.45) is 0 Å². The number of aromatic nitrogens is 1. The second kappa shape index (κ2) is 4.49. The third kappa shape index (κ3) is 1.68. The standard InChI is InChI=1S/C16H13NO2S/c18-15-12-5-1-2-6-14(12)17(10-11-4-3-9-20-11)16-13(15)7-8-19-16/h1-6,9H,7-8,10H2. The average Bonchev–Trinajstić information content (AvgIpc) is 3.14. The van der Waals surface area contributed by atoms with Gasteiger partial charge in [-0.1, -0.05) is 18.2 Å². The van der Waals surface area contributed by atoms with Gasteiger partial charge in [0.15, 0.2) is 5.43 Å². The number of ether oxygens (including phenoxy) is 1. The van der Waals surface area contributed by atoms with E-state index in [9.17, 15) is 4.79 Å². The van der Waals surface area contributed by atoms with Gasteiger partial charge in [0, 0.05) is 16.7 Å². The number of nitrogens with zero attached hydrogens (tertiary/aromatic N) is 1. The molecule has 0 saturated heterocycles. The lowest BCUT2D eigenvalue weighted by Gasteiger charge is -2.15. The Morgan fingerprint density at radius 2 is 2.10 bits per heavy atom. The molecule has 0 atom stereocenters. The number of fused-ring (bicyclic) bond motifs is 2. The van der Waals surface area contributed by atoms with Crippen LogP contribution in [0.5, 0.6) is 5.88 Å². The maximum Gasteiger partial charge on any atom is 0.201 e. The molecule has 2 aromatic heterocycles. The fourth-order valence-corrected chi connectivity index (χ4v) is 3.48. The SMILES string of the molecule is O=c1c2c(n(Cc3cccs3)c3ccccc13)OCC2. The van der Waals surface area contributed by atoms with Gasteiger partial charge in [-0.3, -0.25) is 4.79 Å². The van der Waals surface area contributed by atoms with Crippen LogP contribution in [-0.2, 0) is 13.0 Å². The van der Waals surface area contributed by atoms with Crippen molar-refractivity contribution >= 4 is 22.2 Å². The molecule has 0 bridgehead atoms. The number of rotatable bonds is 2. The highest BCUT2D eigenvalue weighted by molar-refractivity contribution is 7.09. The van der Waals surface area contributed by atoms with E-state index in [4.69, 9.17) is 4.74 Å². The van der Waals surface area contributed by atoms with Crippen LogP contribution >= 0.6 is 11.3 Å². The Morgan fingerprint density at radius 1 is 1.20 bits per heavy atom. The van der Waals surface area contributed by atoms with Crippen molar-refractivity contribution < 1.29 is 4.74 Å². The van der Waals surface area contributed by atoms with Crippen LogP contribution < -0.4 is 10.2 Å². The van der Waals surface area contributed by atoms with E-state index in [0.717, 1.165) is 28.9 Å². The fraction of sp³-hybridized carbons (Fsp3) is 0.188. The third-order valence-electron chi connectivity index (χ3n) is 3.70. The predicted octanol–water partition coefficient (Wildman–Crippen LogP) is 3.05. The lowest BCUT2D eigenvalue weighted by atomic mass is 10.1. The highest BCUT2D eigenvalue weighted by atomic mass is 32.1. The Kier molecular flexibility index (Phi) is 2.63. The maximum absolute atomic E-state index is 12.5. The zero-order valence-corrected chi connectivity index (χ0v) is 11.7. The van der Waals surface area contributed by atoms with Gasteiger partial charge in [0.1, 0.15) is 0 Å². The number of hydrogen-bond acceptors (Lipinski definition) is 3. The van der Waals surface area contributed by atoms with Crippen LogP contribution in [0, 0.1) is 0 Å². The maximum atomic E-state index is 12.5. The molecule has 0 radical (unpaired) electrons. The predicted molar refractivity (Wildman–Crippen MR) is 80.8 cm³/mol. The minimum absolute atomic E-state index is 0.121. The van der Waals surface area contributed by atoms with Crippen molar-refractivity contribution in [3.8, 4) is 5.88 Å². The summed E-state index contributed by atoms with van der Waals surface area (Å²) in [5, 5.41) is 2.86. The highest BCUT2D eigenvalue weighted by Gasteiger charge is 2.22. The molecule has 3 aromatic rings. The summed E-state index contributed by atoms with van der Waals surface area (Å²) in [6.45, 7) is 1.35. The third-order valence-corrected chi connectivity index (χ3v) is 4.56. The molecule has 1 aromatic carbocycles. The van der Waals surface area contributed by atoms with Crippen molar-refractivity contribution in [1.29, 1.82) is 0 Å². The topological polar surface area (TPSA) is 31.2 Å². The van der Waals surface area contributed by atoms with E-state index < -0.39 is 0 Å². The van der Waals surface area contributed by atoms with E-state index in [1.54, 1.807) is 11.3 Å². The molecule has 20 heavy (non-hydrogen) atoms. The average molecular weight is 283 g/mol. The Bertz CT molecular complexity index is 834. The molecule has 0 spiro atoms. The number of hydrogen-bond donors (Lipinski definition) is 0. The van der Waals surface area contributed by atoms with Crippen LogP contribution in [0.4, 0.5) is 0 Å². The smallest absolute Gasteiger partial charge is 0.201 e. The molecule has 0 amide bonds. The van der Waals surface area contributed by atoms with Crippen molar-refractivity contribution in [3.05, 3.63) is 62.4 Å². The van der Waals surface area contributed by atoms with Crippen molar-refractivity contribution in [2.45, 2.75) is 13.0 Å². The molecule has 0 aliphatic carbocycles. The zero-order chi connectivity index (χ0) is 13.5. The largest absolute Gasteiger partial charge is 0.478 e. The van der Waals surface area contributed by atoms with Gasteiger partial charge in [0.2, 0.25) is 5.88 Å². The Labute approximate surface area is 120 Å². The molecule has 3 heterocycles. The van der Waals surface area contributed by atoms with Gasteiger partial charge in [0.25, 0.3) is 0 Å². The quantitative estimate of drug-likeness (QED) is 0.724. The van der Waals surface area contributed by atoms with E-state index in [0.29, 0.717) is 13.0 Å². The molecule has 0 N–H and O–H groups in total. The molecular formula is C16H13NO2S. The number of benzene rings is 1. The first-order valence-electron chi connectivity index (χ1n) is 6.64. The minimum Gasteiger partial charge on any atom is -0.478 e. The van der Waals surface area contributed by atoms with E-state index in [1.165, 1.54) is 4.88 Å². The Hall–Kier alpha value is -2.07. The van der Waals surface area contributed by atoms with Gasteiger partial charge in [0.05, 0.1) is 24.2 Å². The van der Waals surface area contributed by atoms with Crippen molar-refractivity contribution in [1.82, 2.24) is 4.57 Å². The molecule has 0 unspecified atom stereocenters. The van der Waals surface area contributed by atoms with E-state index in [2.05, 4.69) is 16.0 Å².